The summed E-state index contributed by atoms with van der Waals surface area (Å²) in [6.07, 6.45) is 0.677. The van der Waals surface area contributed by atoms with Gasteiger partial charge < -0.3 is 20.7 Å². The van der Waals surface area contributed by atoms with Crippen LogP contribution < -0.4 is 16.0 Å². The van der Waals surface area contributed by atoms with Crippen LogP contribution >= 0.6 is 0 Å². The Morgan fingerprint density at radius 1 is 1.07 bits per heavy atom. The van der Waals surface area contributed by atoms with Crippen LogP contribution in [0.4, 0.5) is 10.1 Å². The minimum Gasteiger partial charge on any atom is -0.388 e. The molecule has 0 aliphatic carbocycles. The fourth-order valence-electron chi connectivity index (χ4n) is 2.00. The lowest BCUT2D eigenvalue weighted by molar-refractivity contribution is -0.118. The third-order valence-corrected chi connectivity index (χ3v) is 3.15. The fourth-order valence-corrected chi connectivity index (χ4v) is 2.00. The molecule has 6 nitrogen and oxygen atoms in total. The Morgan fingerprint density at radius 2 is 1.71 bits per heavy atom. The van der Waals surface area contributed by atoms with E-state index >= 15 is 0 Å². The largest absolute Gasteiger partial charge is 0.388 e. The van der Waals surface area contributed by atoms with Gasteiger partial charge in [-0.15, -0.1) is 0 Å². The van der Waals surface area contributed by atoms with E-state index in [1.807, 2.05) is 37.3 Å². The van der Waals surface area contributed by atoms with Crippen molar-refractivity contribution >= 4 is 18.0 Å². The van der Waals surface area contributed by atoms with Crippen molar-refractivity contribution in [2.45, 2.75) is 26.9 Å². The molecule has 0 radical (unpaired) electrons. The maximum atomic E-state index is 13.0. The molecule has 2 amide bonds. The number of anilines is 1. The van der Waals surface area contributed by atoms with Gasteiger partial charge in [-0.25, -0.2) is 4.39 Å². The SMILES string of the molecule is CCNC(C)=O.COC.O=CNCc1ccc(NCc2cccc(F)c2)cc1. The van der Waals surface area contributed by atoms with Gasteiger partial charge in [0, 0.05) is 46.5 Å². The lowest BCUT2D eigenvalue weighted by Gasteiger charge is -2.07. The van der Waals surface area contributed by atoms with Crippen LogP contribution in [-0.4, -0.2) is 33.1 Å². The first-order valence-electron chi connectivity index (χ1n) is 8.85. The summed E-state index contributed by atoms with van der Waals surface area (Å²) >= 11 is 0. The molecule has 0 unspecified atom stereocenters. The number of ether oxygens (including phenoxy) is 1. The summed E-state index contributed by atoms with van der Waals surface area (Å²) in [5, 5.41) is 8.39. The summed E-state index contributed by atoms with van der Waals surface area (Å²) < 4.78 is 17.3. The van der Waals surface area contributed by atoms with E-state index in [0.717, 1.165) is 23.4 Å². The molecule has 0 aliphatic rings. The number of methoxy groups -OCH3 is 1. The molecule has 28 heavy (non-hydrogen) atoms. The Kier molecular flexibility index (Phi) is 14.6. The number of benzene rings is 2. The van der Waals surface area contributed by atoms with Crippen LogP contribution in [0.25, 0.3) is 0 Å². The first-order valence-corrected chi connectivity index (χ1v) is 8.85. The Morgan fingerprint density at radius 3 is 2.18 bits per heavy atom. The minimum atomic E-state index is -0.227. The van der Waals surface area contributed by atoms with Crippen molar-refractivity contribution < 1.29 is 18.7 Å². The highest BCUT2D eigenvalue weighted by Crippen LogP contribution is 2.12. The highest BCUT2D eigenvalue weighted by atomic mass is 19.1. The van der Waals surface area contributed by atoms with Crippen LogP contribution in [0.1, 0.15) is 25.0 Å². The molecule has 0 aliphatic heterocycles. The molecule has 0 spiro atoms. The van der Waals surface area contributed by atoms with Gasteiger partial charge in [0.2, 0.25) is 12.3 Å². The molecule has 0 fully saturated rings. The third-order valence-electron chi connectivity index (χ3n) is 3.15. The summed E-state index contributed by atoms with van der Waals surface area (Å²) in [4.78, 5) is 20.1. The highest BCUT2D eigenvalue weighted by Gasteiger charge is 1.97. The van der Waals surface area contributed by atoms with Gasteiger partial charge >= 0.3 is 0 Å². The van der Waals surface area contributed by atoms with E-state index in [2.05, 4.69) is 20.7 Å². The van der Waals surface area contributed by atoms with Crippen molar-refractivity contribution in [3.05, 3.63) is 65.5 Å². The average molecular weight is 391 g/mol. The molecule has 0 heterocycles. The first kappa shape index (κ1) is 25.1. The molecule has 0 saturated carbocycles. The van der Waals surface area contributed by atoms with Crippen LogP contribution in [0, 0.1) is 5.82 Å². The van der Waals surface area contributed by atoms with E-state index in [1.165, 1.54) is 19.1 Å². The molecule has 2 aromatic carbocycles. The third kappa shape index (κ3) is 13.3. The van der Waals surface area contributed by atoms with Crippen molar-refractivity contribution in [3.8, 4) is 0 Å². The Labute approximate surface area is 166 Å². The van der Waals surface area contributed by atoms with Gasteiger partial charge in [0.1, 0.15) is 5.82 Å². The second kappa shape index (κ2) is 16.3. The number of halogens is 1. The normalized spacial score (nSPS) is 9.04. The van der Waals surface area contributed by atoms with Crippen LogP contribution in [0.15, 0.2) is 48.5 Å². The number of carbonyl (C=O) groups is 2. The first-order chi connectivity index (χ1) is 13.5. The van der Waals surface area contributed by atoms with Crippen molar-refractivity contribution in [1.82, 2.24) is 10.6 Å². The molecule has 3 N–H and O–H groups in total. The van der Waals surface area contributed by atoms with Crippen molar-refractivity contribution in [1.29, 1.82) is 0 Å². The maximum absolute atomic E-state index is 13.0. The van der Waals surface area contributed by atoms with Gasteiger partial charge in [0.05, 0.1) is 0 Å². The van der Waals surface area contributed by atoms with E-state index < -0.39 is 0 Å². The summed E-state index contributed by atoms with van der Waals surface area (Å²) in [6.45, 7) is 5.22. The van der Waals surface area contributed by atoms with Crippen molar-refractivity contribution in [2.75, 3.05) is 26.1 Å². The van der Waals surface area contributed by atoms with Crippen molar-refractivity contribution in [2.24, 2.45) is 0 Å². The van der Waals surface area contributed by atoms with E-state index in [4.69, 9.17) is 0 Å². The molecular formula is C21H30FN3O3. The van der Waals surface area contributed by atoms with Gasteiger partial charge in [0.15, 0.2) is 0 Å². The Balaban J connectivity index is 0.000000683. The van der Waals surface area contributed by atoms with Crippen LogP contribution in [0.2, 0.25) is 0 Å². The van der Waals surface area contributed by atoms with Crippen molar-refractivity contribution in [3.63, 3.8) is 0 Å². The van der Waals surface area contributed by atoms with E-state index in [9.17, 15) is 14.0 Å². The molecule has 2 rings (SSSR count). The Bertz CT molecular complexity index is 679. The maximum Gasteiger partial charge on any atom is 0.216 e. The van der Waals surface area contributed by atoms with E-state index in [1.54, 1.807) is 20.3 Å². The zero-order valence-corrected chi connectivity index (χ0v) is 16.9. The second-order valence-corrected chi connectivity index (χ2v) is 5.67. The predicted molar refractivity (Wildman–Crippen MR) is 110 cm³/mol. The summed E-state index contributed by atoms with van der Waals surface area (Å²) in [5.41, 5.74) is 2.88. The Hall–Kier alpha value is -2.93. The molecule has 0 aromatic heterocycles. The number of rotatable bonds is 7. The second-order valence-electron chi connectivity index (χ2n) is 5.67. The van der Waals surface area contributed by atoms with Crippen LogP contribution in [0.5, 0.6) is 0 Å². The molecule has 0 saturated heterocycles. The average Bonchev–Trinajstić information content (AvgIpc) is 2.67. The lowest BCUT2D eigenvalue weighted by Crippen LogP contribution is -2.18. The summed E-state index contributed by atoms with van der Waals surface area (Å²) in [7, 11) is 3.25. The predicted octanol–water partition coefficient (Wildman–Crippen LogP) is 3.09. The van der Waals surface area contributed by atoms with Gasteiger partial charge in [0.25, 0.3) is 0 Å². The number of hydrogen-bond donors (Lipinski definition) is 3. The standard InChI is InChI=1S/C15H15FN2O.C4H9NO.C2H6O/c16-14-3-1-2-13(8-14)10-18-15-6-4-12(5-7-15)9-17-11-19;1-3-5-4(2)6;1-3-2/h1-8,11,18H,9-10H2,(H,17,19);3H2,1-2H3,(H,5,6);1-2H3. The minimum absolute atomic E-state index is 0.0394. The lowest BCUT2D eigenvalue weighted by atomic mass is 10.2. The number of carbonyl (C=O) groups excluding carboxylic acids is 2. The molecular weight excluding hydrogens is 361 g/mol. The zero-order valence-electron chi connectivity index (χ0n) is 16.9. The summed E-state index contributed by atoms with van der Waals surface area (Å²) in [5.74, 6) is -0.188. The molecule has 2 aromatic rings. The fraction of sp³-hybridized carbons (Fsp3) is 0.333. The highest BCUT2D eigenvalue weighted by molar-refractivity contribution is 5.72. The molecule has 0 atom stereocenters. The van der Waals surface area contributed by atoms with Crippen LogP contribution in [0.3, 0.4) is 0 Å². The number of amides is 2. The number of nitrogens with one attached hydrogen (secondary N) is 3. The zero-order chi connectivity index (χ0) is 21.2. The monoisotopic (exact) mass is 391 g/mol. The molecule has 154 valence electrons. The summed E-state index contributed by atoms with van der Waals surface area (Å²) in [6, 6.07) is 14.2. The van der Waals surface area contributed by atoms with Gasteiger partial charge in [-0.3, -0.25) is 9.59 Å². The number of hydrogen-bond acceptors (Lipinski definition) is 4. The quantitative estimate of drug-likeness (QED) is 0.634. The van der Waals surface area contributed by atoms with Gasteiger partial charge in [-0.05, 0) is 42.3 Å². The van der Waals surface area contributed by atoms with Gasteiger partial charge in [-0.1, -0.05) is 24.3 Å². The van der Waals surface area contributed by atoms with E-state index in [0.29, 0.717) is 19.5 Å². The topological polar surface area (TPSA) is 79.5 Å². The van der Waals surface area contributed by atoms with E-state index in [-0.39, 0.29) is 11.7 Å². The van der Waals surface area contributed by atoms with Gasteiger partial charge in [-0.2, -0.15) is 0 Å². The smallest absolute Gasteiger partial charge is 0.216 e. The molecule has 0 bridgehead atoms. The molecule has 7 heteroatoms. The van der Waals surface area contributed by atoms with Crippen LogP contribution in [-0.2, 0) is 27.4 Å².